The van der Waals surface area contributed by atoms with Gasteiger partial charge in [-0.25, -0.2) is 0 Å². The number of non-ortho nitro benzene ring substituents is 1. The zero-order chi connectivity index (χ0) is 19.8. The highest BCUT2D eigenvalue weighted by atomic mass is 16.6. The van der Waals surface area contributed by atoms with Gasteiger partial charge in [-0.1, -0.05) is 57.6 Å². The monoisotopic (exact) mass is 373 g/mol. The van der Waals surface area contributed by atoms with Crippen LogP contribution < -0.4 is 11.5 Å². The minimum Gasteiger partial charge on any atom is -0.382 e. The molecular weight excluding hydrogens is 346 g/mol. The summed E-state index contributed by atoms with van der Waals surface area (Å²) in [4.78, 5) is 22.5. The number of aromatic nitrogens is 2. The summed E-state index contributed by atoms with van der Waals surface area (Å²) in [6.45, 7) is 2.76. The third-order valence-corrected chi connectivity index (χ3v) is 4.53. The lowest BCUT2D eigenvalue weighted by Crippen LogP contribution is -2.14. The van der Waals surface area contributed by atoms with Crippen molar-refractivity contribution in [3.05, 3.63) is 39.9 Å². The number of carbonyl (C=O) groups excluding carboxylic acids is 1. The molecule has 2 rings (SSSR count). The van der Waals surface area contributed by atoms with Gasteiger partial charge in [0.1, 0.15) is 5.56 Å². The van der Waals surface area contributed by atoms with Crippen molar-refractivity contribution in [1.29, 1.82) is 0 Å². The molecule has 8 heteroatoms. The molecule has 0 fully saturated rings. The van der Waals surface area contributed by atoms with Gasteiger partial charge < -0.3 is 11.5 Å². The number of aryl methyl sites for hydroxylation is 1. The number of primary amides is 1. The van der Waals surface area contributed by atoms with Crippen molar-refractivity contribution >= 4 is 17.4 Å². The number of nitro benzene ring substituents is 1. The molecule has 0 spiro atoms. The summed E-state index contributed by atoms with van der Waals surface area (Å²) < 4.78 is 1.64. The van der Waals surface area contributed by atoms with Crippen molar-refractivity contribution in [1.82, 2.24) is 9.78 Å². The maximum atomic E-state index is 11.9. The van der Waals surface area contributed by atoms with Crippen LogP contribution in [0.5, 0.6) is 0 Å². The third-order valence-electron chi connectivity index (χ3n) is 4.53. The highest BCUT2D eigenvalue weighted by molar-refractivity contribution is 6.03. The molecule has 0 saturated carbocycles. The first-order valence-electron chi connectivity index (χ1n) is 9.36. The van der Waals surface area contributed by atoms with Gasteiger partial charge in [-0.05, 0) is 6.42 Å². The van der Waals surface area contributed by atoms with Crippen molar-refractivity contribution < 1.29 is 9.72 Å². The molecule has 2 aromatic rings. The molecule has 8 nitrogen and oxygen atoms in total. The number of unbranched alkanes of at least 4 members (excludes halogenated alkanes) is 6. The van der Waals surface area contributed by atoms with E-state index in [0.29, 0.717) is 17.8 Å². The Bertz CT molecular complexity index is 801. The Hall–Kier alpha value is -2.90. The van der Waals surface area contributed by atoms with Gasteiger partial charge in [0.05, 0.1) is 10.6 Å². The van der Waals surface area contributed by atoms with E-state index >= 15 is 0 Å². The van der Waals surface area contributed by atoms with Gasteiger partial charge >= 0.3 is 0 Å². The SMILES string of the molecule is CCCCCCCCCn1nc(N)c(C(N)=O)c1-c1cccc([N+](=O)[O-])c1. The van der Waals surface area contributed by atoms with E-state index in [9.17, 15) is 14.9 Å². The second-order valence-electron chi connectivity index (χ2n) is 6.62. The minimum atomic E-state index is -0.695. The number of anilines is 1. The summed E-state index contributed by atoms with van der Waals surface area (Å²) in [6, 6.07) is 6.06. The Kier molecular flexibility index (Phi) is 7.34. The Morgan fingerprint density at radius 2 is 1.85 bits per heavy atom. The van der Waals surface area contributed by atoms with E-state index in [0.717, 1.165) is 19.3 Å². The van der Waals surface area contributed by atoms with Gasteiger partial charge in [0.2, 0.25) is 0 Å². The van der Waals surface area contributed by atoms with Crippen LogP contribution in [0.25, 0.3) is 11.3 Å². The number of rotatable bonds is 11. The molecule has 0 aliphatic heterocycles. The van der Waals surface area contributed by atoms with Gasteiger partial charge in [-0.2, -0.15) is 5.10 Å². The lowest BCUT2D eigenvalue weighted by atomic mass is 10.1. The van der Waals surface area contributed by atoms with Crippen LogP contribution in [0.2, 0.25) is 0 Å². The molecule has 27 heavy (non-hydrogen) atoms. The van der Waals surface area contributed by atoms with Gasteiger partial charge in [-0.3, -0.25) is 19.6 Å². The van der Waals surface area contributed by atoms with E-state index in [1.54, 1.807) is 16.8 Å². The molecule has 146 valence electrons. The molecule has 0 atom stereocenters. The molecule has 0 aliphatic rings. The summed E-state index contributed by atoms with van der Waals surface area (Å²) >= 11 is 0. The van der Waals surface area contributed by atoms with Crippen LogP contribution in [0.1, 0.15) is 62.2 Å². The number of hydrogen-bond acceptors (Lipinski definition) is 5. The van der Waals surface area contributed by atoms with E-state index < -0.39 is 10.8 Å². The number of hydrogen-bond donors (Lipinski definition) is 2. The molecule has 1 heterocycles. The van der Waals surface area contributed by atoms with Crippen LogP contribution in [0.15, 0.2) is 24.3 Å². The van der Waals surface area contributed by atoms with E-state index in [4.69, 9.17) is 11.5 Å². The smallest absolute Gasteiger partial charge is 0.270 e. The second kappa shape index (κ2) is 9.70. The standard InChI is InChI=1S/C19H27N5O3/c1-2-3-4-5-6-7-8-12-23-17(16(19(21)25)18(20)22-23)14-10-9-11-15(13-14)24(26)27/h9-11,13H,2-8,12H2,1H3,(H2,20,22)(H2,21,25). The summed E-state index contributed by atoms with van der Waals surface area (Å²) in [6.07, 6.45) is 8.00. The Morgan fingerprint density at radius 1 is 1.19 bits per heavy atom. The van der Waals surface area contributed by atoms with E-state index in [1.807, 2.05) is 0 Å². The highest BCUT2D eigenvalue weighted by Crippen LogP contribution is 2.30. The molecule has 0 unspecified atom stereocenters. The van der Waals surface area contributed by atoms with Crippen molar-refractivity contribution in [2.24, 2.45) is 5.73 Å². The lowest BCUT2D eigenvalue weighted by molar-refractivity contribution is -0.384. The quantitative estimate of drug-likeness (QED) is 0.350. The van der Waals surface area contributed by atoms with Crippen LogP contribution in [-0.2, 0) is 6.54 Å². The summed E-state index contributed by atoms with van der Waals surface area (Å²) in [5, 5.41) is 15.3. The van der Waals surface area contributed by atoms with Crippen molar-refractivity contribution in [2.75, 3.05) is 5.73 Å². The molecule has 0 radical (unpaired) electrons. The van der Waals surface area contributed by atoms with Crippen LogP contribution in [0.3, 0.4) is 0 Å². The van der Waals surface area contributed by atoms with Crippen LogP contribution >= 0.6 is 0 Å². The first-order chi connectivity index (χ1) is 13.0. The average Bonchev–Trinajstić information content (AvgIpc) is 2.97. The van der Waals surface area contributed by atoms with Crippen molar-refractivity contribution in [3.63, 3.8) is 0 Å². The van der Waals surface area contributed by atoms with Gasteiger partial charge in [-0.15, -0.1) is 0 Å². The normalized spacial score (nSPS) is 10.9. The molecule has 4 N–H and O–H groups in total. The summed E-state index contributed by atoms with van der Waals surface area (Å²) in [5.74, 6) is -0.647. The van der Waals surface area contributed by atoms with Crippen LogP contribution in [-0.4, -0.2) is 20.6 Å². The number of nitrogen functional groups attached to an aromatic ring is 1. The van der Waals surface area contributed by atoms with Crippen LogP contribution in [0, 0.1) is 10.1 Å². The Morgan fingerprint density at radius 3 is 2.48 bits per heavy atom. The number of amides is 1. The fraction of sp³-hybridized carbons (Fsp3) is 0.474. The molecule has 0 saturated heterocycles. The van der Waals surface area contributed by atoms with E-state index in [2.05, 4.69) is 12.0 Å². The topological polar surface area (TPSA) is 130 Å². The molecule has 1 aromatic carbocycles. The molecule has 1 amide bonds. The predicted molar refractivity (Wildman–Crippen MR) is 105 cm³/mol. The second-order valence-corrected chi connectivity index (χ2v) is 6.62. The lowest BCUT2D eigenvalue weighted by Gasteiger charge is -2.09. The highest BCUT2D eigenvalue weighted by Gasteiger charge is 2.22. The number of nitrogens with two attached hydrogens (primary N) is 2. The van der Waals surface area contributed by atoms with Gasteiger partial charge in [0.15, 0.2) is 5.82 Å². The first kappa shape index (κ1) is 20.4. The summed E-state index contributed by atoms with van der Waals surface area (Å²) in [5.41, 5.74) is 12.4. The zero-order valence-corrected chi connectivity index (χ0v) is 15.7. The van der Waals surface area contributed by atoms with Gasteiger partial charge in [0, 0.05) is 24.2 Å². The fourth-order valence-corrected chi connectivity index (χ4v) is 3.16. The summed E-state index contributed by atoms with van der Waals surface area (Å²) in [7, 11) is 0. The van der Waals surface area contributed by atoms with E-state index in [1.165, 1.54) is 37.8 Å². The molecular formula is C19H27N5O3. The minimum absolute atomic E-state index is 0.0481. The zero-order valence-electron chi connectivity index (χ0n) is 15.7. The molecule has 0 bridgehead atoms. The maximum Gasteiger partial charge on any atom is 0.270 e. The predicted octanol–water partition coefficient (Wildman–Crippen LogP) is 3.89. The number of benzene rings is 1. The molecule has 1 aromatic heterocycles. The Balaban J connectivity index is 2.21. The first-order valence-corrected chi connectivity index (χ1v) is 9.36. The van der Waals surface area contributed by atoms with E-state index in [-0.39, 0.29) is 17.1 Å². The third kappa shape index (κ3) is 5.29. The van der Waals surface area contributed by atoms with Crippen LogP contribution in [0.4, 0.5) is 11.5 Å². The van der Waals surface area contributed by atoms with Crippen molar-refractivity contribution in [3.8, 4) is 11.3 Å². The largest absolute Gasteiger partial charge is 0.382 e. The number of carbonyl (C=O) groups is 1. The van der Waals surface area contributed by atoms with Crippen molar-refractivity contribution in [2.45, 2.75) is 58.4 Å². The molecule has 0 aliphatic carbocycles. The fourth-order valence-electron chi connectivity index (χ4n) is 3.16. The number of nitrogens with zero attached hydrogens (tertiary/aromatic N) is 3. The average molecular weight is 373 g/mol. The number of nitro groups is 1. The Labute approximate surface area is 158 Å². The maximum absolute atomic E-state index is 11.9. The van der Waals surface area contributed by atoms with Gasteiger partial charge in [0.25, 0.3) is 11.6 Å².